The summed E-state index contributed by atoms with van der Waals surface area (Å²) in [6, 6.07) is 6.90. The second-order valence-corrected chi connectivity index (χ2v) is 13.5. The molecule has 0 N–H and O–H groups in total. The van der Waals surface area contributed by atoms with Crippen LogP contribution in [0.2, 0.25) is 0 Å². The summed E-state index contributed by atoms with van der Waals surface area (Å²) in [7, 11) is -2.06. The number of rotatable bonds is 3. The lowest BCUT2D eigenvalue weighted by Crippen LogP contribution is -2.50. The van der Waals surface area contributed by atoms with Crippen LogP contribution in [0.3, 0.4) is 0 Å². The van der Waals surface area contributed by atoms with Crippen LogP contribution < -0.4 is 0 Å². The predicted octanol–water partition coefficient (Wildman–Crippen LogP) is 7.25. The second kappa shape index (κ2) is 8.37. The molecule has 0 unspecified atom stereocenters. The normalized spacial score (nSPS) is 37.7. The van der Waals surface area contributed by atoms with Crippen molar-refractivity contribution in [2.75, 3.05) is 7.11 Å². The van der Waals surface area contributed by atoms with Crippen LogP contribution in [0.4, 0.5) is 0 Å². The van der Waals surface area contributed by atoms with Crippen molar-refractivity contribution in [3.63, 3.8) is 0 Å². The number of hydrogen-bond acceptors (Lipinski definition) is 3. The van der Waals surface area contributed by atoms with Gasteiger partial charge in [-0.2, -0.15) is 0 Å². The Hall–Kier alpha value is -2.32. The number of allylic oxidation sites excluding steroid dienone is 5. The zero-order valence-electron chi connectivity index (χ0n) is 21.6. The lowest BCUT2D eigenvalue weighted by molar-refractivity contribution is -0.0289. The molecule has 4 nitrogen and oxygen atoms in total. The van der Waals surface area contributed by atoms with E-state index in [9.17, 15) is 8.42 Å². The van der Waals surface area contributed by atoms with Crippen LogP contribution in [0.25, 0.3) is 4.85 Å². The Morgan fingerprint density at radius 1 is 1.14 bits per heavy atom. The largest absolute Gasteiger partial charge is 0.501 e. The zero-order chi connectivity index (χ0) is 25.2. The lowest BCUT2D eigenvalue weighted by Gasteiger charge is -2.58. The molecule has 4 aliphatic carbocycles. The SMILES string of the molecule is [C-]#[N+]C(=C1CC[C@H]2[C@@H]3CC=C4C=C(OC)C[C@H](C)[C@]4(C)[C@H]3CC[C@]12C)S(=O)(=O)c1ccc(C)cc1. The molecule has 1 aromatic rings. The van der Waals surface area contributed by atoms with Crippen LogP contribution in [-0.2, 0) is 14.6 Å². The van der Waals surface area contributed by atoms with Gasteiger partial charge in [-0.1, -0.05) is 44.5 Å². The van der Waals surface area contributed by atoms with Gasteiger partial charge in [0.25, 0.3) is 5.03 Å². The van der Waals surface area contributed by atoms with Crippen molar-refractivity contribution in [3.8, 4) is 0 Å². The summed E-state index contributed by atoms with van der Waals surface area (Å²) >= 11 is 0. The number of sulfone groups is 1. The van der Waals surface area contributed by atoms with E-state index in [0.29, 0.717) is 30.1 Å². The summed E-state index contributed by atoms with van der Waals surface area (Å²) in [5.74, 6) is 3.09. The number of ether oxygens (including phenoxy) is 1. The lowest BCUT2D eigenvalue weighted by atomic mass is 9.46. The van der Waals surface area contributed by atoms with Gasteiger partial charge in [-0.3, -0.25) is 0 Å². The Balaban J connectivity index is 1.54. The van der Waals surface area contributed by atoms with E-state index in [4.69, 9.17) is 11.3 Å². The molecule has 0 bridgehead atoms. The molecule has 5 rings (SSSR count). The van der Waals surface area contributed by atoms with E-state index >= 15 is 0 Å². The fraction of sp³-hybridized carbons (Fsp3) is 0.567. The van der Waals surface area contributed by atoms with Crippen LogP contribution in [0.15, 0.2) is 63.2 Å². The van der Waals surface area contributed by atoms with Gasteiger partial charge in [-0.25, -0.2) is 13.3 Å². The molecule has 0 radical (unpaired) electrons. The molecule has 0 aliphatic heterocycles. The Kier molecular flexibility index (Phi) is 5.83. The summed E-state index contributed by atoms with van der Waals surface area (Å²) in [5.41, 5.74) is 3.21. The summed E-state index contributed by atoms with van der Waals surface area (Å²) in [6.45, 7) is 16.9. The molecule has 35 heavy (non-hydrogen) atoms. The summed E-state index contributed by atoms with van der Waals surface area (Å²) in [5, 5.41) is -0.0123. The number of benzene rings is 1. The first-order valence-corrected chi connectivity index (χ1v) is 14.4. The molecular weight excluding hydrogens is 454 g/mol. The molecule has 0 spiro atoms. The first-order chi connectivity index (χ1) is 16.6. The van der Waals surface area contributed by atoms with Crippen LogP contribution in [0.5, 0.6) is 0 Å². The Labute approximate surface area is 210 Å². The van der Waals surface area contributed by atoms with Crippen molar-refractivity contribution in [2.45, 2.75) is 71.1 Å². The summed E-state index contributed by atoms with van der Waals surface area (Å²) < 4.78 is 32.8. The average Bonchev–Trinajstić information content (AvgIpc) is 3.17. The fourth-order valence-corrected chi connectivity index (χ4v) is 9.59. The van der Waals surface area contributed by atoms with Crippen molar-refractivity contribution >= 4 is 9.84 Å². The summed E-state index contributed by atoms with van der Waals surface area (Å²) in [4.78, 5) is 3.93. The van der Waals surface area contributed by atoms with Gasteiger partial charge in [0.1, 0.15) is 0 Å². The van der Waals surface area contributed by atoms with E-state index in [1.807, 2.05) is 19.1 Å². The van der Waals surface area contributed by atoms with Crippen molar-refractivity contribution in [2.24, 2.45) is 34.5 Å². The zero-order valence-corrected chi connectivity index (χ0v) is 22.4. The van der Waals surface area contributed by atoms with E-state index in [1.54, 1.807) is 19.2 Å². The Bertz CT molecular complexity index is 1280. The third-order valence-corrected chi connectivity index (χ3v) is 12.0. The highest BCUT2D eigenvalue weighted by Crippen LogP contribution is 2.67. The fourth-order valence-electron chi connectivity index (χ4n) is 8.09. The number of fused-ring (bicyclic) bond motifs is 5. The molecule has 2 saturated carbocycles. The van der Waals surface area contributed by atoms with Crippen molar-refractivity contribution in [1.29, 1.82) is 0 Å². The molecule has 5 heteroatoms. The molecule has 4 aliphatic rings. The molecule has 186 valence electrons. The standard InChI is InChI=1S/C30H37NO3S/c1-19-7-10-23(11-8-19)35(32,33)28(31-5)27-14-13-25-24-12-9-21-18-22(34-6)17-20(2)30(21,4)26(24)15-16-29(25,27)3/h7-11,18,20,24-26H,12-17H2,1-4,6H3/t20-,24-,25-,26-,29-,30-/m0/s1. The van der Waals surface area contributed by atoms with Crippen molar-refractivity contribution < 1.29 is 13.2 Å². The van der Waals surface area contributed by atoms with Gasteiger partial charge in [-0.05, 0) is 103 Å². The smallest absolute Gasteiger partial charge is 0.282 e. The molecule has 0 amide bonds. The van der Waals surface area contributed by atoms with Crippen LogP contribution in [0, 0.1) is 48.0 Å². The van der Waals surface area contributed by atoms with Crippen LogP contribution >= 0.6 is 0 Å². The van der Waals surface area contributed by atoms with Gasteiger partial charge in [0, 0.05) is 6.42 Å². The number of nitrogens with zero attached hydrogens (tertiary/aromatic N) is 1. The van der Waals surface area contributed by atoms with E-state index in [-0.39, 0.29) is 20.8 Å². The van der Waals surface area contributed by atoms with E-state index in [0.717, 1.165) is 49.0 Å². The third-order valence-electron chi connectivity index (χ3n) is 10.3. The minimum absolute atomic E-state index is 0.0123. The van der Waals surface area contributed by atoms with Gasteiger partial charge < -0.3 is 4.74 Å². The number of methoxy groups -OCH3 is 1. The number of aryl methyl sites for hydroxylation is 1. The van der Waals surface area contributed by atoms with Gasteiger partial charge in [0.2, 0.25) is 9.84 Å². The van der Waals surface area contributed by atoms with E-state index in [2.05, 4.69) is 37.8 Å². The third kappa shape index (κ3) is 3.47. The van der Waals surface area contributed by atoms with Gasteiger partial charge >= 0.3 is 0 Å². The highest BCUT2D eigenvalue weighted by atomic mass is 32.2. The van der Waals surface area contributed by atoms with Gasteiger partial charge in [0.05, 0.1) is 24.3 Å². The Morgan fingerprint density at radius 2 is 1.86 bits per heavy atom. The highest BCUT2D eigenvalue weighted by Gasteiger charge is 2.59. The molecule has 2 fully saturated rings. The topological polar surface area (TPSA) is 47.7 Å². The molecule has 0 saturated heterocycles. The number of hydrogen-bond donors (Lipinski definition) is 0. The highest BCUT2D eigenvalue weighted by molar-refractivity contribution is 7.95. The second-order valence-electron chi connectivity index (χ2n) is 11.7. The minimum atomic E-state index is -3.83. The molecule has 0 aromatic heterocycles. The Morgan fingerprint density at radius 3 is 2.51 bits per heavy atom. The molecule has 6 atom stereocenters. The van der Waals surface area contributed by atoms with Gasteiger partial charge in [0.15, 0.2) is 0 Å². The first kappa shape index (κ1) is 24.4. The maximum Gasteiger partial charge on any atom is 0.282 e. The van der Waals surface area contributed by atoms with Gasteiger partial charge in [-0.15, -0.1) is 0 Å². The average molecular weight is 492 g/mol. The molecular formula is C30H37NO3S. The minimum Gasteiger partial charge on any atom is -0.501 e. The van der Waals surface area contributed by atoms with Crippen LogP contribution in [0.1, 0.15) is 64.9 Å². The monoisotopic (exact) mass is 491 g/mol. The van der Waals surface area contributed by atoms with Crippen molar-refractivity contribution in [1.82, 2.24) is 0 Å². The van der Waals surface area contributed by atoms with Crippen LogP contribution in [-0.4, -0.2) is 15.5 Å². The van der Waals surface area contributed by atoms with Crippen molar-refractivity contribution in [3.05, 3.63) is 75.3 Å². The quantitative estimate of drug-likeness (QED) is 0.418. The molecule has 0 heterocycles. The maximum absolute atomic E-state index is 13.6. The summed E-state index contributed by atoms with van der Waals surface area (Å²) in [6.07, 6.45) is 10.4. The molecule has 1 aromatic carbocycles. The first-order valence-electron chi connectivity index (χ1n) is 13.0. The maximum atomic E-state index is 13.6. The predicted molar refractivity (Wildman–Crippen MR) is 139 cm³/mol. The van der Waals surface area contributed by atoms with E-state index < -0.39 is 9.84 Å². The van der Waals surface area contributed by atoms with E-state index in [1.165, 1.54) is 5.57 Å².